The Morgan fingerprint density at radius 3 is 2.10 bits per heavy atom. The highest BCUT2D eigenvalue weighted by atomic mass is 32.2. The molecule has 0 radical (unpaired) electrons. The summed E-state index contributed by atoms with van der Waals surface area (Å²) in [5, 5.41) is 19.7. The Hall–Kier alpha value is -5.66. The minimum absolute atomic E-state index is 0.106. The number of hydrogen-bond donors (Lipinski definition) is 9. The van der Waals surface area contributed by atoms with Gasteiger partial charge in [-0.3, -0.25) is 43.2 Å². The first-order valence-electron chi connectivity index (χ1n) is 20.0. The molecule has 1 fully saturated rings. The molecule has 1 saturated heterocycles. The lowest BCUT2D eigenvalue weighted by Crippen LogP contribution is -2.61. The number of fused-ring (bicyclic) bond motifs is 5. The van der Waals surface area contributed by atoms with Gasteiger partial charge in [-0.15, -0.1) is 11.8 Å². The maximum Gasteiger partial charge on any atom is 0.246 e. The van der Waals surface area contributed by atoms with Crippen LogP contribution in [0.25, 0.3) is 10.9 Å². The fourth-order valence-corrected chi connectivity index (χ4v) is 8.51. The highest BCUT2D eigenvalue weighted by Gasteiger charge is 2.41. The van der Waals surface area contributed by atoms with Crippen molar-refractivity contribution in [2.45, 2.75) is 107 Å². The van der Waals surface area contributed by atoms with Crippen LogP contribution in [0, 0.1) is 11.8 Å². The van der Waals surface area contributed by atoms with Crippen LogP contribution in [0.15, 0.2) is 29.3 Å². The van der Waals surface area contributed by atoms with Gasteiger partial charge in [-0.1, -0.05) is 58.7 Å². The van der Waals surface area contributed by atoms with Crippen molar-refractivity contribution in [3.8, 4) is 0 Å². The summed E-state index contributed by atoms with van der Waals surface area (Å²) in [5.74, 6) is -7.70. The third kappa shape index (κ3) is 10.9. The van der Waals surface area contributed by atoms with Gasteiger partial charge in [0, 0.05) is 29.6 Å². The van der Waals surface area contributed by atoms with Crippen molar-refractivity contribution in [1.82, 2.24) is 47.1 Å². The van der Waals surface area contributed by atoms with Gasteiger partial charge < -0.3 is 52.8 Å². The molecule has 20 heteroatoms. The molecule has 1 aromatic heterocycles. The average molecular weight is 839 g/mol. The number of rotatable bonds is 6. The van der Waals surface area contributed by atoms with E-state index in [-0.39, 0.29) is 25.1 Å². The summed E-state index contributed by atoms with van der Waals surface area (Å²) in [7, 11) is 0. The zero-order valence-electron chi connectivity index (χ0n) is 33.6. The van der Waals surface area contributed by atoms with Crippen LogP contribution < -0.4 is 43.0 Å². The molecule has 1 aromatic carbocycles. The number of hydrogen-bond acceptors (Lipinski definition) is 10. The first kappa shape index (κ1) is 44.4. The lowest BCUT2D eigenvalue weighted by Gasteiger charge is -2.32. The minimum atomic E-state index is -1.52. The summed E-state index contributed by atoms with van der Waals surface area (Å²) in [5.41, 5.74) is 6.78. The van der Waals surface area contributed by atoms with E-state index in [2.05, 4.69) is 42.2 Å². The van der Waals surface area contributed by atoms with E-state index in [1.54, 1.807) is 32.0 Å². The van der Waals surface area contributed by atoms with Gasteiger partial charge in [-0.05, 0) is 36.3 Å². The van der Waals surface area contributed by atoms with Gasteiger partial charge in [-0.2, -0.15) is 0 Å². The van der Waals surface area contributed by atoms with Crippen molar-refractivity contribution in [3.05, 3.63) is 29.8 Å². The molecular weight excluding hydrogens is 785 g/mol. The first-order valence-corrected chi connectivity index (χ1v) is 21.0. The van der Waals surface area contributed by atoms with Crippen molar-refractivity contribution >= 4 is 75.8 Å². The molecule has 0 unspecified atom stereocenters. The number of primary amides is 1. The number of H-pyrrole nitrogens is 1. The summed E-state index contributed by atoms with van der Waals surface area (Å²) in [6.07, 6.45) is 0.811. The Kier molecular flexibility index (Phi) is 15.0. The number of carbonyl (C=O) groups is 9. The van der Waals surface area contributed by atoms with Crippen LogP contribution in [-0.2, 0) is 49.6 Å². The molecule has 2 bridgehead atoms. The minimum Gasteiger partial charge on any atom is -0.370 e. The molecule has 59 heavy (non-hydrogen) atoms. The lowest BCUT2D eigenvalue weighted by molar-refractivity contribution is -0.143. The summed E-state index contributed by atoms with van der Waals surface area (Å²) < 4.78 is 0. The molecule has 0 aliphatic carbocycles. The van der Waals surface area contributed by atoms with Crippen molar-refractivity contribution in [2.24, 2.45) is 17.6 Å². The number of nitrogens with one attached hydrogen (secondary N) is 8. The van der Waals surface area contributed by atoms with Gasteiger partial charge in [0.15, 0.2) is 0 Å². The summed E-state index contributed by atoms with van der Waals surface area (Å²) in [4.78, 5) is 128. The molecule has 3 aliphatic heterocycles. The number of thioether (sulfide) groups is 1. The molecule has 2 aromatic rings. The van der Waals surface area contributed by atoms with Crippen molar-refractivity contribution < 1.29 is 43.2 Å². The van der Waals surface area contributed by atoms with Crippen LogP contribution in [0.4, 0.5) is 0 Å². The van der Waals surface area contributed by atoms with Crippen molar-refractivity contribution in [1.29, 1.82) is 0 Å². The highest BCUT2D eigenvalue weighted by molar-refractivity contribution is 7.99. The predicted octanol–water partition coefficient (Wildman–Crippen LogP) is -1.56. The topological polar surface area (TPSA) is 283 Å². The number of aromatic amines is 1. The van der Waals surface area contributed by atoms with Crippen LogP contribution in [0.3, 0.4) is 0 Å². The van der Waals surface area contributed by atoms with E-state index in [0.29, 0.717) is 40.8 Å². The van der Waals surface area contributed by atoms with Gasteiger partial charge in [0.05, 0.1) is 24.5 Å². The van der Waals surface area contributed by atoms with E-state index in [9.17, 15) is 43.2 Å². The fourth-order valence-electron chi connectivity index (χ4n) is 7.39. The second-order valence-electron chi connectivity index (χ2n) is 15.3. The smallest absolute Gasteiger partial charge is 0.246 e. The van der Waals surface area contributed by atoms with Gasteiger partial charge in [0.25, 0.3) is 0 Å². The average Bonchev–Trinajstić information content (AvgIpc) is 3.84. The van der Waals surface area contributed by atoms with E-state index < -0.39 is 121 Å². The van der Waals surface area contributed by atoms with Gasteiger partial charge in [0.1, 0.15) is 36.3 Å². The number of amides is 9. The third-order valence-electron chi connectivity index (χ3n) is 11.2. The van der Waals surface area contributed by atoms with Gasteiger partial charge in [0.2, 0.25) is 53.2 Å². The monoisotopic (exact) mass is 838 g/mol. The second-order valence-corrected chi connectivity index (χ2v) is 16.4. The highest BCUT2D eigenvalue weighted by Crippen LogP contribution is 2.32. The molecule has 8 atom stereocenters. The SMILES string of the molecule is CC[C@H](C)[C@@H]1NC(=O)CNC(=O)[C@@H]2Cc3c([nH]c4ccccc34)SC[C@H](NC(=O)CNC1=O)C(=O)N[C@@H](CC(N)=O)C(=O)N1CCC[C@@H]1C(=O)N[C@@H]([C@@H](C)CC)C(=O)N2. The van der Waals surface area contributed by atoms with Crippen molar-refractivity contribution in [3.63, 3.8) is 0 Å². The molecule has 0 spiro atoms. The largest absolute Gasteiger partial charge is 0.370 e. The molecule has 0 saturated carbocycles. The number of nitrogens with zero attached hydrogens (tertiary/aromatic N) is 1. The Bertz CT molecular complexity index is 1970. The molecule has 4 heterocycles. The van der Waals surface area contributed by atoms with Crippen LogP contribution in [0.2, 0.25) is 0 Å². The van der Waals surface area contributed by atoms with E-state index in [1.807, 2.05) is 19.9 Å². The second kappa shape index (κ2) is 19.9. The maximum absolute atomic E-state index is 14.3. The maximum atomic E-state index is 14.3. The zero-order chi connectivity index (χ0) is 43.0. The number of para-hydroxylation sites is 1. The van der Waals surface area contributed by atoms with Crippen LogP contribution in [0.1, 0.15) is 65.4 Å². The van der Waals surface area contributed by atoms with Gasteiger partial charge >= 0.3 is 0 Å². The Morgan fingerprint density at radius 1 is 0.780 bits per heavy atom. The molecule has 5 rings (SSSR count). The Balaban J connectivity index is 1.66. The predicted molar refractivity (Wildman–Crippen MR) is 216 cm³/mol. The quantitative estimate of drug-likeness (QED) is 0.161. The van der Waals surface area contributed by atoms with E-state index in [4.69, 9.17) is 5.73 Å². The molecule has 320 valence electrons. The van der Waals surface area contributed by atoms with E-state index in [0.717, 1.165) is 11.8 Å². The summed E-state index contributed by atoms with van der Waals surface area (Å²) >= 11 is 1.12. The third-order valence-corrected chi connectivity index (χ3v) is 12.3. The van der Waals surface area contributed by atoms with Crippen molar-refractivity contribution in [2.75, 3.05) is 25.4 Å². The lowest BCUT2D eigenvalue weighted by atomic mass is 9.96. The van der Waals surface area contributed by atoms with Gasteiger partial charge in [-0.25, -0.2) is 0 Å². The molecule has 3 aliphatic rings. The molecule has 10 N–H and O–H groups in total. The Labute approximate surface area is 345 Å². The van der Waals surface area contributed by atoms with Crippen LogP contribution >= 0.6 is 11.8 Å². The number of benzene rings is 1. The van der Waals surface area contributed by atoms with Crippen LogP contribution in [0.5, 0.6) is 0 Å². The molecule has 9 amide bonds. The zero-order valence-corrected chi connectivity index (χ0v) is 34.4. The van der Waals surface area contributed by atoms with Crippen LogP contribution in [-0.4, -0.2) is 125 Å². The van der Waals surface area contributed by atoms with E-state index in [1.165, 1.54) is 4.90 Å². The number of nitrogens with two attached hydrogens (primary N) is 1. The molecule has 19 nitrogen and oxygen atoms in total. The first-order chi connectivity index (χ1) is 28.1. The fraction of sp³-hybridized carbons (Fsp3) is 0.564. The summed E-state index contributed by atoms with van der Waals surface area (Å²) in [6.45, 7) is 6.10. The summed E-state index contributed by atoms with van der Waals surface area (Å²) in [6, 6.07) is -0.329. The standard InChI is InChI=1S/C39H54N10O9S/c1-5-19(3)31-36(56)42-16-29(51)43-26-18-59-38-22(21-10-7-8-11-23(21)46-38)14-24(33(53)41-17-30(52)47-31)44-37(57)32(20(4)6-2)48-35(55)27-12-9-13-49(27)39(58)25(15-28(40)50)45-34(26)54/h7-8,10-11,19-20,24-27,31-32,46H,5-6,9,12-18H2,1-4H3,(H2,40,50)(H,41,53)(H,42,56)(H,43,51)(H,44,57)(H,45,54)(H,47,52)(H,48,55)/t19-,20-,24-,25-,26-,27+,31-,32-/m0/s1. The number of aromatic nitrogens is 1. The van der Waals surface area contributed by atoms with E-state index >= 15 is 0 Å². The molecular formula is C39H54N10O9S. The number of carbonyl (C=O) groups excluding carboxylic acids is 9. The Morgan fingerprint density at radius 2 is 1.42 bits per heavy atom. The normalized spacial score (nSPS) is 26.8.